The van der Waals surface area contributed by atoms with Gasteiger partial charge in [0.05, 0.1) is 16.6 Å². The molecule has 0 saturated carbocycles. The molecule has 0 atom stereocenters. The molecule has 0 aliphatic rings. The molecule has 0 N–H and O–H groups in total. The lowest BCUT2D eigenvalue weighted by Gasteiger charge is -2.18. The number of nitrogens with zero attached hydrogens (tertiary/aromatic N) is 4. The van der Waals surface area contributed by atoms with Crippen LogP contribution < -0.4 is 4.90 Å². The van der Waals surface area contributed by atoms with Gasteiger partial charge in [-0.25, -0.2) is 0 Å². The van der Waals surface area contributed by atoms with E-state index in [1.54, 1.807) is 16.0 Å². The Balaban J connectivity index is 2.29. The number of hydrogen-bond acceptors (Lipinski definition) is 4. The largest absolute Gasteiger partial charge is 0.354 e. The molecule has 2 rings (SSSR count). The maximum absolute atomic E-state index is 9.18. The summed E-state index contributed by atoms with van der Waals surface area (Å²) in [5, 5.41) is 13.5. The fourth-order valence-electron chi connectivity index (χ4n) is 1.96. The second kappa shape index (κ2) is 5.01. The van der Waals surface area contributed by atoms with Crippen LogP contribution in [0.25, 0.3) is 0 Å². The third-order valence-electron chi connectivity index (χ3n) is 2.69. The van der Waals surface area contributed by atoms with E-state index >= 15 is 0 Å². The molecule has 0 fully saturated rings. The summed E-state index contributed by atoms with van der Waals surface area (Å²) in [6.07, 6.45) is 0. The Bertz CT molecular complexity index is 608. The van der Waals surface area contributed by atoms with Gasteiger partial charge in [0, 0.05) is 19.0 Å². The summed E-state index contributed by atoms with van der Waals surface area (Å²) in [5.74, 6) is 0.833. The number of hydrogen-bond donors (Lipinski definition) is 0. The molecule has 0 bridgehead atoms. The van der Waals surface area contributed by atoms with Crippen molar-refractivity contribution in [2.45, 2.75) is 13.5 Å². The van der Waals surface area contributed by atoms with Crippen molar-refractivity contribution in [2.24, 2.45) is 7.05 Å². The van der Waals surface area contributed by atoms with Gasteiger partial charge >= 0.3 is 0 Å². The number of halogens is 1. The van der Waals surface area contributed by atoms with Crippen LogP contribution in [0.1, 0.15) is 16.1 Å². The first-order valence-corrected chi connectivity index (χ1v) is 6.61. The summed E-state index contributed by atoms with van der Waals surface area (Å²) in [7, 11) is 3.80. The molecule has 2 aromatic heterocycles. The summed E-state index contributed by atoms with van der Waals surface area (Å²) in [6.45, 7) is 2.56. The standard InChI is InChI=1S/C12H13ClN4S/c1-8-10(6-14)12(17(3)15-8)16(2)7-9-4-5-11(13)18-9/h4-5H,7H2,1-3H3. The van der Waals surface area contributed by atoms with E-state index in [0.29, 0.717) is 12.1 Å². The van der Waals surface area contributed by atoms with Gasteiger partial charge in [-0.3, -0.25) is 4.68 Å². The Hall–Kier alpha value is -1.51. The Morgan fingerprint density at radius 2 is 2.28 bits per heavy atom. The van der Waals surface area contributed by atoms with Gasteiger partial charge in [-0.2, -0.15) is 10.4 Å². The van der Waals surface area contributed by atoms with Crippen molar-refractivity contribution < 1.29 is 0 Å². The quantitative estimate of drug-likeness (QED) is 0.868. The van der Waals surface area contributed by atoms with Crippen LogP contribution in [-0.2, 0) is 13.6 Å². The zero-order valence-electron chi connectivity index (χ0n) is 10.4. The Labute approximate surface area is 115 Å². The third kappa shape index (κ3) is 2.35. The normalized spacial score (nSPS) is 10.4. The van der Waals surface area contributed by atoms with E-state index < -0.39 is 0 Å². The highest BCUT2D eigenvalue weighted by Gasteiger charge is 2.17. The Kier molecular flexibility index (Phi) is 3.60. The van der Waals surface area contributed by atoms with Crippen LogP contribution in [0.15, 0.2) is 12.1 Å². The highest BCUT2D eigenvalue weighted by atomic mass is 35.5. The number of nitriles is 1. The summed E-state index contributed by atoms with van der Waals surface area (Å²) in [4.78, 5) is 3.17. The molecule has 2 heterocycles. The molecule has 0 radical (unpaired) electrons. The van der Waals surface area contributed by atoms with E-state index in [1.165, 1.54) is 0 Å². The maximum Gasteiger partial charge on any atom is 0.145 e. The highest BCUT2D eigenvalue weighted by Crippen LogP contribution is 2.26. The van der Waals surface area contributed by atoms with Crippen molar-refractivity contribution >= 4 is 28.8 Å². The molecule has 4 nitrogen and oxygen atoms in total. The minimum atomic E-state index is 0.627. The van der Waals surface area contributed by atoms with Crippen molar-refractivity contribution in [2.75, 3.05) is 11.9 Å². The average molecular weight is 281 g/mol. The van der Waals surface area contributed by atoms with E-state index in [9.17, 15) is 5.26 Å². The van der Waals surface area contributed by atoms with Gasteiger partial charge in [0.15, 0.2) is 0 Å². The van der Waals surface area contributed by atoms with Crippen LogP contribution in [-0.4, -0.2) is 16.8 Å². The molecule has 0 aromatic carbocycles. The first kappa shape index (κ1) is 12.9. The average Bonchev–Trinajstić information content (AvgIpc) is 2.82. The van der Waals surface area contributed by atoms with E-state index in [0.717, 1.165) is 20.7 Å². The molecule has 0 aliphatic carbocycles. The van der Waals surface area contributed by atoms with Gasteiger partial charge in [-0.05, 0) is 19.1 Å². The molecule has 2 aromatic rings. The fraction of sp³-hybridized carbons (Fsp3) is 0.333. The van der Waals surface area contributed by atoms with Crippen LogP contribution in [0.2, 0.25) is 4.34 Å². The highest BCUT2D eigenvalue weighted by molar-refractivity contribution is 7.16. The number of aryl methyl sites for hydroxylation is 2. The van der Waals surface area contributed by atoms with Gasteiger partial charge < -0.3 is 4.90 Å². The molecule has 6 heteroatoms. The van der Waals surface area contributed by atoms with Crippen LogP contribution in [0.5, 0.6) is 0 Å². The predicted octanol–water partition coefficient (Wildman–Crippen LogP) is 2.95. The summed E-state index contributed by atoms with van der Waals surface area (Å²) in [5.41, 5.74) is 1.38. The molecule has 94 valence electrons. The lowest BCUT2D eigenvalue weighted by molar-refractivity contribution is 0.728. The molecule has 18 heavy (non-hydrogen) atoms. The van der Waals surface area contributed by atoms with Crippen molar-refractivity contribution in [3.8, 4) is 6.07 Å². The number of rotatable bonds is 3. The van der Waals surface area contributed by atoms with Crippen molar-refractivity contribution in [1.82, 2.24) is 9.78 Å². The summed E-state index contributed by atoms with van der Waals surface area (Å²) >= 11 is 7.46. The lowest BCUT2D eigenvalue weighted by atomic mass is 10.2. The van der Waals surface area contributed by atoms with Crippen molar-refractivity contribution in [3.05, 3.63) is 32.6 Å². The smallest absolute Gasteiger partial charge is 0.145 e. The first-order chi connectivity index (χ1) is 8.52. The monoisotopic (exact) mass is 280 g/mol. The molecule has 0 aliphatic heterocycles. The minimum absolute atomic E-state index is 0.627. The zero-order valence-corrected chi connectivity index (χ0v) is 12.0. The van der Waals surface area contributed by atoms with Gasteiger partial charge in [0.25, 0.3) is 0 Å². The third-order valence-corrected chi connectivity index (χ3v) is 3.90. The maximum atomic E-state index is 9.18. The zero-order chi connectivity index (χ0) is 13.3. The minimum Gasteiger partial charge on any atom is -0.354 e. The van der Waals surface area contributed by atoms with Crippen molar-refractivity contribution in [1.29, 1.82) is 5.26 Å². The second-order valence-corrected chi connectivity index (χ2v) is 5.88. The van der Waals surface area contributed by atoms with E-state index in [2.05, 4.69) is 11.2 Å². The molecule has 0 amide bonds. The molecule has 0 spiro atoms. The van der Waals surface area contributed by atoms with E-state index in [-0.39, 0.29) is 0 Å². The van der Waals surface area contributed by atoms with Gasteiger partial charge in [0.1, 0.15) is 17.5 Å². The predicted molar refractivity (Wildman–Crippen MR) is 74.1 cm³/mol. The summed E-state index contributed by atoms with van der Waals surface area (Å²) in [6, 6.07) is 6.09. The van der Waals surface area contributed by atoms with Crippen molar-refractivity contribution in [3.63, 3.8) is 0 Å². The van der Waals surface area contributed by atoms with Gasteiger partial charge in [-0.15, -0.1) is 11.3 Å². The summed E-state index contributed by atoms with van der Waals surface area (Å²) < 4.78 is 2.52. The van der Waals surface area contributed by atoms with Crippen LogP contribution in [0, 0.1) is 18.3 Å². The molecular weight excluding hydrogens is 268 g/mol. The Morgan fingerprint density at radius 3 is 2.83 bits per heavy atom. The van der Waals surface area contributed by atoms with Gasteiger partial charge in [-0.1, -0.05) is 11.6 Å². The number of thiophene rings is 1. The fourth-order valence-corrected chi connectivity index (χ4v) is 3.10. The SMILES string of the molecule is Cc1nn(C)c(N(C)Cc2ccc(Cl)s2)c1C#N. The van der Waals surface area contributed by atoms with Crippen LogP contribution in [0.3, 0.4) is 0 Å². The lowest BCUT2D eigenvalue weighted by Crippen LogP contribution is -2.19. The van der Waals surface area contributed by atoms with E-state index in [4.69, 9.17) is 11.6 Å². The van der Waals surface area contributed by atoms with Crippen LogP contribution in [0.4, 0.5) is 5.82 Å². The van der Waals surface area contributed by atoms with Gasteiger partial charge in [0.2, 0.25) is 0 Å². The molecule has 0 unspecified atom stereocenters. The Morgan fingerprint density at radius 1 is 1.56 bits per heavy atom. The number of anilines is 1. The first-order valence-electron chi connectivity index (χ1n) is 5.42. The second-order valence-electron chi connectivity index (χ2n) is 4.08. The topological polar surface area (TPSA) is 44.9 Å². The molecular formula is C12H13ClN4S. The van der Waals surface area contributed by atoms with E-state index in [1.807, 2.05) is 38.1 Å². The van der Waals surface area contributed by atoms with Crippen LogP contribution >= 0.6 is 22.9 Å². The molecule has 0 saturated heterocycles. The number of aromatic nitrogens is 2.